The van der Waals surface area contributed by atoms with Crippen molar-refractivity contribution in [2.45, 2.75) is 52.1 Å². The fraction of sp³-hybridized carbons (Fsp3) is 0.929. The first-order chi connectivity index (χ1) is 9.55. The summed E-state index contributed by atoms with van der Waals surface area (Å²) in [5.41, 5.74) is -0.481. The summed E-state index contributed by atoms with van der Waals surface area (Å²) < 4.78 is 31.9. The monoisotopic (exact) mass is 321 g/mol. The Labute approximate surface area is 127 Å². The number of carbonyl (C=O) groups excluding carboxylic acids is 1. The first-order valence-corrected chi connectivity index (χ1v) is 9.18. The molecule has 1 rings (SSSR count). The van der Waals surface area contributed by atoms with Crippen LogP contribution in [0.3, 0.4) is 0 Å². The average Bonchev–Trinajstić information content (AvgIpc) is 2.32. The Morgan fingerprint density at radius 3 is 2.14 bits per heavy atom. The standard InChI is InChI=1S/C14H27NO5S/c1-14(2,3)20-13(16)15-9-11-5-7-12(8-6-11)10-19-21(4,17)18/h11-12H,5-10H2,1-4H3,(H,15,16)/t11-,12+. The van der Waals surface area contributed by atoms with E-state index >= 15 is 0 Å². The fourth-order valence-electron chi connectivity index (χ4n) is 2.36. The van der Waals surface area contributed by atoms with Crippen LogP contribution in [0.25, 0.3) is 0 Å². The van der Waals surface area contributed by atoms with Gasteiger partial charge in [-0.05, 0) is 58.3 Å². The number of carbonyl (C=O) groups is 1. The molecule has 0 aromatic heterocycles. The van der Waals surface area contributed by atoms with E-state index in [0.717, 1.165) is 31.9 Å². The summed E-state index contributed by atoms with van der Waals surface area (Å²) >= 11 is 0. The van der Waals surface area contributed by atoms with E-state index in [1.54, 1.807) is 0 Å². The third-order valence-electron chi connectivity index (χ3n) is 3.42. The molecule has 0 aromatic rings. The molecular formula is C14H27NO5S. The Morgan fingerprint density at radius 2 is 1.67 bits per heavy atom. The fourth-order valence-corrected chi connectivity index (χ4v) is 2.80. The summed E-state index contributed by atoms with van der Waals surface area (Å²) in [5.74, 6) is 0.713. The lowest BCUT2D eigenvalue weighted by atomic mass is 9.82. The highest BCUT2D eigenvalue weighted by Crippen LogP contribution is 2.28. The van der Waals surface area contributed by atoms with Crippen LogP contribution in [0.2, 0.25) is 0 Å². The summed E-state index contributed by atoms with van der Waals surface area (Å²) in [6.07, 6.45) is 4.47. The van der Waals surface area contributed by atoms with Gasteiger partial charge in [-0.25, -0.2) is 4.79 Å². The van der Waals surface area contributed by atoms with Gasteiger partial charge in [0, 0.05) is 6.54 Å². The van der Waals surface area contributed by atoms with E-state index in [1.807, 2.05) is 20.8 Å². The molecule has 124 valence electrons. The second kappa shape index (κ2) is 7.45. The lowest BCUT2D eigenvalue weighted by Gasteiger charge is -2.28. The molecule has 21 heavy (non-hydrogen) atoms. The van der Waals surface area contributed by atoms with Crippen LogP contribution in [0, 0.1) is 11.8 Å². The summed E-state index contributed by atoms with van der Waals surface area (Å²) in [6.45, 7) is 6.37. The number of hydrogen-bond acceptors (Lipinski definition) is 5. The van der Waals surface area contributed by atoms with Gasteiger partial charge in [0.25, 0.3) is 10.1 Å². The van der Waals surface area contributed by atoms with Gasteiger partial charge in [-0.15, -0.1) is 0 Å². The van der Waals surface area contributed by atoms with Gasteiger partial charge >= 0.3 is 6.09 Å². The van der Waals surface area contributed by atoms with Crippen molar-refractivity contribution in [3.8, 4) is 0 Å². The molecule has 0 spiro atoms. The molecule has 1 fully saturated rings. The number of amides is 1. The average molecular weight is 321 g/mol. The largest absolute Gasteiger partial charge is 0.444 e. The first kappa shape index (κ1) is 18.2. The minimum Gasteiger partial charge on any atom is -0.444 e. The first-order valence-electron chi connectivity index (χ1n) is 7.36. The molecule has 1 amide bonds. The van der Waals surface area contributed by atoms with Crippen LogP contribution < -0.4 is 5.32 Å². The second-order valence-electron chi connectivity index (χ2n) is 6.76. The topological polar surface area (TPSA) is 81.7 Å². The van der Waals surface area contributed by atoms with Gasteiger partial charge in [-0.3, -0.25) is 4.18 Å². The quantitative estimate of drug-likeness (QED) is 0.786. The highest BCUT2D eigenvalue weighted by atomic mass is 32.2. The van der Waals surface area contributed by atoms with Crippen LogP contribution in [0.15, 0.2) is 0 Å². The summed E-state index contributed by atoms with van der Waals surface area (Å²) in [6, 6.07) is 0. The van der Waals surface area contributed by atoms with Gasteiger partial charge in [0.05, 0.1) is 12.9 Å². The molecule has 0 aromatic carbocycles. The van der Waals surface area contributed by atoms with Crippen LogP contribution in [-0.2, 0) is 19.0 Å². The van der Waals surface area contributed by atoms with Crippen LogP contribution in [0.1, 0.15) is 46.5 Å². The van der Waals surface area contributed by atoms with Crippen molar-refractivity contribution < 1.29 is 22.1 Å². The number of hydrogen-bond donors (Lipinski definition) is 1. The molecule has 0 aliphatic heterocycles. The zero-order chi connectivity index (χ0) is 16.1. The van der Waals surface area contributed by atoms with E-state index in [2.05, 4.69) is 5.32 Å². The Balaban J connectivity index is 2.20. The molecule has 0 heterocycles. The Morgan fingerprint density at radius 1 is 1.14 bits per heavy atom. The zero-order valence-electron chi connectivity index (χ0n) is 13.3. The van der Waals surface area contributed by atoms with Crippen LogP contribution in [0.5, 0.6) is 0 Å². The van der Waals surface area contributed by atoms with Crippen LogP contribution in [-0.4, -0.2) is 39.5 Å². The van der Waals surface area contributed by atoms with Gasteiger partial charge in [0.2, 0.25) is 0 Å². The van der Waals surface area contributed by atoms with Crippen LogP contribution in [0.4, 0.5) is 4.79 Å². The maximum atomic E-state index is 11.6. The SMILES string of the molecule is CC(C)(C)OC(=O)NC[C@H]1CC[C@@H](COS(C)(=O)=O)CC1. The van der Waals surface area contributed by atoms with Crippen molar-refractivity contribution in [2.24, 2.45) is 11.8 Å². The highest BCUT2D eigenvalue weighted by Gasteiger charge is 2.23. The van der Waals surface area contributed by atoms with Crippen molar-refractivity contribution in [1.82, 2.24) is 5.32 Å². The summed E-state index contributed by atoms with van der Waals surface area (Å²) in [5, 5.41) is 2.79. The molecule has 1 saturated carbocycles. The number of alkyl carbamates (subject to hydrolysis) is 1. The minimum atomic E-state index is -3.35. The van der Waals surface area contributed by atoms with Crippen LogP contribution >= 0.6 is 0 Å². The maximum absolute atomic E-state index is 11.6. The lowest BCUT2D eigenvalue weighted by molar-refractivity contribution is 0.0511. The van der Waals surface area contributed by atoms with Crippen molar-refractivity contribution in [1.29, 1.82) is 0 Å². The van der Waals surface area contributed by atoms with Gasteiger partial charge in [0.15, 0.2) is 0 Å². The summed E-state index contributed by atoms with van der Waals surface area (Å²) in [4.78, 5) is 11.6. The van der Waals surface area contributed by atoms with E-state index in [4.69, 9.17) is 8.92 Å². The van der Waals surface area contributed by atoms with E-state index in [9.17, 15) is 13.2 Å². The van der Waals surface area contributed by atoms with Crippen molar-refractivity contribution in [2.75, 3.05) is 19.4 Å². The Hall–Kier alpha value is -0.820. The van der Waals surface area contributed by atoms with Gasteiger partial charge in [-0.1, -0.05) is 0 Å². The normalized spacial score (nSPS) is 23.6. The number of ether oxygens (including phenoxy) is 1. The van der Waals surface area contributed by atoms with E-state index in [-0.39, 0.29) is 18.6 Å². The van der Waals surface area contributed by atoms with Crippen molar-refractivity contribution in [3.05, 3.63) is 0 Å². The lowest BCUT2D eigenvalue weighted by Crippen LogP contribution is -2.36. The molecule has 1 N–H and O–H groups in total. The number of rotatable bonds is 5. The van der Waals surface area contributed by atoms with Gasteiger partial charge < -0.3 is 10.1 Å². The smallest absolute Gasteiger partial charge is 0.407 e. The van der Waals surface area contributed by atoms with Crippen molar-refractivity contribution in [3.63, 3.8) is 0 Å². The molecule has 1 aliphatic rings. The molecule has 6 nitrogen and oxygen atoms in total. The molecule has 1 aliphatic carbocycles. The Bertz CT molecular complexity index is 433. The molecule has 0 unspecified atom stereocenters. The highest BCUT2D eigenvalue weighted by molar-refractivity contribution is 7.85. The molecule has 0 bridgehead atoms. The molecule has 0 radical (unpaired) electrons. The predicted octanol–water partition coefficient (Wildman–Crippen LogP) is 2.29. The maximum Gasteiger partial charge on any atom is 0.407 e. The molecule has 0 saturated heterocycles. The number of nitrogens with one attached hydrogen (secondary N) is 1. The predicted molar refractivity (Wildman–Crippen MR) is 80.5 cm³/mol. The summed E-state index contributed by atoms with van der Waals surface area (Å²) in [7, 11) is -3.35. The second-order valence-corrected chi connectivity index (χ2v) is 8.40. The molecule has 7 heteroatoms. The van der Waals surface area contributed by atoms with E-state index in [1.165, 1.54) is 0 Å². The molecule has 0 atom stereocenters. The van der Waals surface area contributed by atoms with Gasteiger partial charge in [-0.2, -0.15) is 8.42 Å². The van der Waals surface area contributed by atoms with Gasteiger partial charge in [0.1, 0.15) is 5.60 Å². The van der Waals surface area contributed by atoms with Crippen molar-refractivity contribution >= 4 is 16.2 Å². The Kier molecular flexibility index (Phi) is 6.46. The molecular weight excluding hydrogens is 294 g/mol. The third kappa shape index (κ3) is 8.93. The zero-order valence-corrected chi connectivity index (χ0v) is 14.2. The van der Waals surface area contributed by atoms with E-state index in [0.29, 0.717) is 12.5 Å². The third-order valence-corrected chi connectivity index (χ3v) is 3.98. The minimum absolute atomic E-state index is 0.269. The van der Waals surface area contributed by atoms with E-state index < -0.39 is 15.7 Å².